The van der Waals surface area contributed by atoms with E-state index in [1.807, 2.05) is 0 Å². The van der Waals surface area contributed by atoms with Crippen molar-refractivity contribution in [1.29, 1.82) is 0 Å². The van der Waals surface area contributed by atoms with Crippen molar-refractivity contribution in [1.82, 2.24) is 4.90 Å². The lowest BCUT2D eigenvalue weighted by Gasteiger charge is -2.21. The fraction of sp³-hybridized carbons (Fsp3) is 0.286. The van der Waals surface area contributed by atoms with Crippen molar-refractivity contribution in [2.75, 3.05) is 32.1 Å². The second-order valence-electron chi connectivity index (χ2n) is 4.16. The minimum atomic E-state index is -1.27. The van der Waals surface area contributed by atoms with Crippen LogP contribution in [0.25, 0.3) is 0 Å². The van der Waals surface area contributed by atoms with Gasteiger partial charge in [-0.05, 0) is 12.1 Å². The van der Waals surface area contributed by atoms with Gasteiger partial charge in [0.05, 0.1) is 12.3 Å². The number of hydrogen-bond acceptors (Lipinski definition) is 4. The van der Waals surface area contributed by atoms with Gasteiger partial charge in [0, 0.05) is 20.2 Å². The number of amides is 2. The maximum absolute atomic E-state index is 12.1. The fourth-order valence-electron chi connectivity index (χ4n) is 1.64. The first-order valence-electron chi connectivity index (χ1n) is 6.22. The van der Waals surface area contributed by atoms with Gasteiger partial charge in [-0.1, -0.05) is 12.1 Å². The van der Waals surface area contributed by atoms with Crippen LogP contribution in [0.2, 0.25) is 0 Å². The Morgan fingerprint density at radius 1 is 1.48 bits per heavy atom. The summed E-state index contributed by atoms with van der Waals surface area (Å²) in [6.45, 7) is 4.55. The summed E-state index contributed by atoms with van der Waals surface area (Å²) in [4.78, 5) is 24.4. The summed E-state index contributed by atoms with van der Waals surface area (Å²) in [5, 5.41) is 21.2. The molecule has 0 heterocycles. The number of methoxy groups -OCH3 is 1. The number of phenols is 1. The van der Waals surface area contributed by atoms with Gasteiger partial charge in [0.25, 0.3) is 0 Å². The lowest BCUT2D eigenvalue weighted by Crippen LogP contribution is -2.37. The van der Waals surface area contributed by atoms with E-state index in [4.69, 9.17) is 9.84 Å². The van der Waals surface area contributed by atoms with Crippen LogP contribution in [-0.2, 0) is 4.74 Å². The van der Waals surface area contributed by atoms with Crippen molar-refractivity contribution in [3.63, 3.8) is 0 Å². The van der Waals surface area contributed by atoms with E-state index in [1.54, 1.807) is 6.08 Å². The third kappa shape index (κ3) is 4.50. The molecular weight excluding hydrogens is 276 g/mol. The van der Waals surface area contributed by atoms with Crippen molar-refractivity contribution in [2.45, 2.75) is 0 Å². The molecule has 0 bridgehead atoms. The Bertz CT molecular complexity index is 530. The highest BCUT2D eigenvalue weighted by Crippen LogP contribution is 2.27. The van der Waals surface area contributed by atoms with Crippen molar-refractivity contribution < 1.29 is 24.5 Å². The first-order valence-corrected chi connectivity index (χ1v) is 6.22. The molecule has 0 unspecified atom stereocenters. The molecule has 1 aromatic carbocycles. The summed E-state index contributed by atoms with van der Waals surface area (Å²) < 4.78 is 4.91. The quantitative estimate of drug-likeness (QED) is 0.525. The van der Waals surface area contributed by atoms with E-state index in [-0.39, 0.29) is 11.3 Å². The molecule has 0 fully saturated rings. The van der Waals surface area contributed by atoms with Gasteiger partial charge in [-0.2, -0.15) is 0 Å². The number of urea groups is 1. The first-order chi connectivity index (χ1) is 10.0. The van der Waals surface area contributed by atoms with Crippen LogP contribution >= 0.6 is 0 Å². The smallest absolute Gasteiger partial charge is 0.339 e. The van der Waals surface area contributed by atoms with Crippen LogP contribution in [0, 0.1) is 0 Å². The molecule has 3 N–H and O–H groups in total. The maximum atomic E-state index is 12.1. The predicted molar refractivity (Wildman–Crippen MR) is 77.7 cm³/mol. The number of carbonyl (C=O) groups is 2. The van der Waals surface area contributed by atoms with E-state index >= 15 is 0 Å². The van der Waals surface area contributed by atoms with Crippen LogP contribution in [0.1, 0.15) is 10.4 Å². The maximum Gasteiger partial charge on any atom is 0.339 e. The van der Waals surface area contributed by atoms with E-state index in [9.17, 15) is 14.7 Å². The number of rotatable bonds is 7. The lowest BCUT2D eigenvalue weighted by molar-refractivity contribution is 0.0693. The zero-order valence-electron chi connectivity index (χ0n) is 11.7. The van der Waals surface area contributed by atoms with Gasteiger partial charge < -0.3 is 25.2 Å². The van der Waals surface area contributed by atoms with Crippen molar-refractivity contribution in [3.05, 3.63) is 36.4 Å². The second-order valence-corrected chi connectivity index (χ2v) is 4.16. The van der Waals surface area contributed by atoms with Gasteiger partial charge >= 0.3 is 12.0 Å². The molecular formula is C14H18N2O5. The monoisotopic (exact) mass is 294 g/mol. The van der Waals surface area contributed by atoms with Crippen molar-refractivity contribution >= 4 is 17.7 Å². The number of carboxylic acids is 1. The highest BCUT2D eigenvalue weighted by molar-refractivity contribution is 5.97. The van der Waals surface area contributed by atoms with Crippen molar-refractivity contribution in [3.8, 4) is 5.75 Å². The Balaban J connectivity index is 2.88. The molecule has 0 aliphatic rings. The summed E-state index contributed by atoms with van der Waals surface area (Å²) in [5.74, 6) is -1.76. The van der Waals surface area contributed by atoms with Crippen LogP contribution < -0.4 is 5.32 Å². The molecule has 0 spiro atoms. The number of para-hydroxylation sites is 1. The summed E-state index contributed by atoms with van der Waals surface area (Å²) in [6, 6.07) is 3.62. The Hall–Kier alpha value is -2.54. The average molecular weight is 294 g/mol. The molecule has 2 amide bonds. The van der Waals surface area contributed by atoms with Gasteiger partial charge in [0.15, 0.2) is 5.75 Å². The predicted octanol–water partition coefficient (Wildman–Crippen LogP) is 1.76. The third-order valence-corrected chi connectivity index (χ3v) is 2.71. The number of nitrogens with zero attached hydrogens (tertiary/aromatic N) is 1. The molecule has 0 aromatic heterocycles. The van der Waals surface area contributed by atoms with Crippen LogP contribution in [0.4, 0.5) is 10.5 Å². The van der Waals surface area contributed by atoms with Crippen LogP contribution in [0.3, 0.4) is 0 Å². The third-order valence-electron chi connectivity index (χ3n) is 2.71. The average Bonchev–Trinajstić information content (AvgIpc) is 2.45. The molecule has 0 aliphatic carbocycles. The zero-order chi connectivity index (χ0) is 15.8. The number of benzene rings is 1. The summed E-state index contributed by atoms with van der Waals surface area (Å²) in [7, 11) is 1.52. The molecule has 1 aromatic rings. The molecule has 7 heteroatoms. The Morgan fingerprint density at radius 2 is 2.19 bits per heavy atom. The first kappa shape index (κ1) is 16.5. The number of ether oxygens (including phenoxy) is 1. The molecule has 0 saturated heterocycles. The van der Waals surface area contributed by atoms with E-state index < -0.39 is 17.7 Å². The van der Waals surface area contributed by atoms with E-state index in [0.717, 1.165) is 0 Å². The standard InChI is InChI=1S/C14H18N2O5/c1-3-7-16(8-9-21-2)14(20)15-11-6-4-5-10(12(11)17)13(18)19/h3-6,17H,1,7-9H2,2H3,(H,15,20)(H,18,19). The minimum absolute atomic E-state index is 0.0337. The molecule has 114 valence electrons. The lowest BCUT2D eigenvalue weighted by atomic mass is 10.1. The normalized spacial score (nSPS) is 9.95. The Morgan fingerprint density at radius 3 is 2.76 bits per heavy atom. The van der Waals surface area contributed by atoms with Gasteiger partial charge in [-0.3, -0.25) is 0 Å². The summed E-state index contributed by atoms with van der Waals surface area (Å²) in [6.07, 6.45) is 1.56. The number of hydrogen-bond donors (Lipinski definition) is 3. The topological polar surface area (TPSA) is 99.1 Å². The molecule has 0 atom stereocenters. The molecule has 1 rings (SSSR count). The molecule has 21 heavy (non-hydrogen) atoms. The second kappa shape index (κ2) is 7.91. The van der Waals surface area contributed by atoms with Crippen LogP contribution in [0.5, 0.6) is 5.75 Å². The summed E-state index contributed by atoms with van der Waals surface area (Å²) >= 11 is 0. The largest absolute Gasteiger partial charge is 0.505 e. The number of nitrogens with one attached hydrogen (secondary N) is 1. The van der Waals surface area contributed by atoms with Crippen LogP contribution in [-0.4, -0.2) is 53.9 Å². The number of anilines is 1. The molecule has 0 aliphatic heterocycles. The fourth-order valence-corrected chi connectivity index (χ4v) is 1.64. The molecule has 0 radical (unpaired) electrons. The molecule has 0 saturated carbocycles. The highest BCUT2D eigenvalue weighted by Gasteiger charge is 2.17. The SMILES string of the molecule is C=CCN(CCOC)C(=O)Nc1cccc(C(=O)O)c1O. The summed E-state index contributed by atoms with van der Waals surface area (Å²) in [5.41, 5.74) is -0.244. The zero-order valence-corrected chi connectivity index (χ0v) is 11.7. The Labute approximate surface area is 122 Å². The highest BCUT2D eigenvalue weighted by atomic mass is 16.5. The Kier molecular flexibility index (Phi) is 6.22. The van der Waals surface area contributed by atoms with Crippen molar-refractivity contribution in [2.24, 2.45) is 0 Å². The minimum Gasteiger partial charge on any atom is -0.505 e. The van der Waals surface area contributed by atoms with E-state index in [1.165, 1.54) is 30.2 Å². The molecule has 7 nitrogen and oxygen atoms in total. The number of aromatic carboxylic acids is 1. The van der Waals surface area contributed by atoms with Gasteiger partial charge in [-0.25, -0.2) is 9.59 Å². The number of carboxylic acid groups (broad SMARTS) is 1. The number of aromatic hydroxyl groups is 1. The van der Waals surface area contributed by atoms with Crippen LogP contribution in [0.15, 0.2) is 30.9 Å². The van der Waals surface area contributed by atoms with E-state index in [2.05, 4.69) is 11.9 Å². The van der Waals surface area contributed by atoms with Gasteiger partial charge in [-0.15, -0.1) is 6.58 Å². The number of carbonyl (C=O) groups excluding carboxylic acids is 1. The van der Waals surface area contributed by atoms with Gasteiger partial charge in [0.1, 0.15) is 5.56 Å². The van der Waals surface area contributed by atoms with Gasteiger partial charge in [0.2, 0.25) is 0 Å². The van der Waals surface area contributed by atoms with E-state index in [0.29, 0.717) is 19.7 Å².